The molecule has 0 fully saturated rings. The van der Waals surface area contributed by atoms with Crippen molar-refractivity contribution in [3.05, 3.63) is 82.9 Å². The van der Waals surface area contributed by atoms with E-state index in [1.807, 2.05) is 48.5 Å². The number of hydrogen-bond acceptors (Lipinski definition) is 4. The van der Waals surface area contributed by atoms with Gasteiger partial charge in [0.2, 0.25) is 5.91 Å². The predicted molar refractivity (Wildman–Crippen MR) is 118 cm³/mol. The third kappa shape index (κ3) is 4.33. The van der Waals surface area contributed by atoms with Crippen LogP contribution in [0.1, 0.15) is 18.4 Å². The van der Waals surface area contributed by atoms with Crippen LogP contribution in [0.3, 0.4) is 0 Å². The molecule has 0 aliphatic carbocycles. The normalized spacial score (nSPS) is 11.0. The SMILES string of the molecule is COc1ccc2cc(CNC(=O)CCCn3cnc4ccccc4c3=O)ccc2c1. The number of aromatic nitrogens is 2. The second-order valence-electron chi connectivity index (χ2n) is 7.19. The van der Waals surface area contributed by atoms with Crippen molar-refractivity contribution in [3.63, 3.8) is 0 Å². The van der Waals surface area contributed by atoms with Crippen molar-refractivity contribution in [2.24, 2.45) is 0 Å². The summed E-state index contributed by atoms with van der Waals surface area (Å²) in [5.41, 5.74) is 1.65. The van der Waals surface area contributed by atoms with Crippen molar-refractivity contribution in [2.45, 2.75) is 25.9 Å². The lowest BCUT2D eigenvalue weighted by Gasteiger charge is -2.09. The summed E-state index contributed by atoms with van der Waals surface area (Å²) in [6.07, 6.45) is 2.47. The molecule has 6 heteroatoms. The number of ether oxygens (including phenoxy) is 1. The van der Waals surface area contributed by atoms with Gasteiger partial charge in [-0.3, -0.25) is 14.2 Å². The van der Waals surface area contributed by atoms with Gasteiger partial charge in [0.15, 0.2) is 0 Å². The zero-order valence-electron chi connectivity index (χ0n) is 16.8. The van der Waals surface area contributed by atoms with Gasteiger partial charge in [0, 0.05) is 19.5 Å². The molecule has 0 aliphatic rings. The monoisotopic (exact) mass is 401 g/mol. The van der Waals surface area contributed by atoms with Gasteiger partial charge in [-0.1, -0.05) is 30.3 Å². The molecule has 0 saturated heterocycles. The maximum absolute atomic E-state index is 12.5. The van der Waals surface area contributed by atoms with E-state index < -0.39 is 0 Å². The summed E-state index contributed by atoms with van der Waals surface area (Å²) < 4.78 is 6.81. The molecule has 0 atom stereocenters. The van der Waals surface area contributed by atoms with E-state index in [1.165, 1.54) is 0 Å². The molecule has 30 heavy (non-hydrogen) atoms. The maximum Gasteiger partial charge on any atom is 0.261 e. The zero-order chi connectivity index (χ0) is 20.9. The highest BCUT2D eigenvalue weighted by Crippen LogP contribution is 2.21. The Morgan fingerprint density at radius 2 is 1.87 bits per heavy atom. The summed E-state index contributed by atoms with van der Waals surface area (Å²) in [5.74, 6) is 0.788. The van der Waals surface area contributed by atoms with E-state index in [0.717, 1.165) is 22.1 Å². The van der Waals surface area contributed by atoms with Crippen molar-refractivity contribution in [2.75, 3.05) is 7.11 Å². The van der Waals surface area contributed by atoms with Gasteiger partial charge in [0.25, 0.3) is 5.56 Å². The van der Waals surface area contributed by atoms with Gasteiger partial charge < -0.3 is 10.1 Å². The van der Waals surface area contributed by atoms with E-state index in [9.17, 15) is 9.59 Å². The van der Waals surface area contributed by atoms with E-state index in [-0.39, 0.29) is 11.5 Å². The average molecular weight is 401 g/mol. The molecule has 1 aromatic heterocycles. The molecule has 152 valence electrons. The van der Waals surface area contributed by atoms with Crippen molar-refractivity contribution < 1.29 is 9.53 Å². The van der Waals surface area contributed by atoms with Gasteiger partial charge in [-0.25, -0.2) is 4.98 Å². The van der Waals surface area contributed by atoms with E-state index >= 15 is 0 Å². The van der Waals surface area contributed by atoms with Crippen molar-refractivity contribution >= 4 is 27.6 Å². The standard InChI is InChI=1S/C24H23N3O3/c1-30-20-11-10-18-13-17(8-9-19(18)14-20)15-25-23(28)7-4-12-27-16-26-22-6-3-2-5-21(22)24(27)29/h2-3,5-6,8-11,13-14,16H,4,7,12,15H2,1H3,(H,25,28). The van der Waals surface area contributed by atoms with Crippen LogP contribution in [0.25, 0.3) is 21.7 Å². The minimum Gasteiger partial charge on any atom is -0.497 e. The molecule has 0 spiro atoms. The summed E-state index contributed by atoms with van der Waals surface area (Å²) in [4.78, 5) is 29.0. The second-order valence-corrected chi connectivity index (χ2v) is 7.19. The molecule has 6 nitrogen and oxygen atoms in total. The molecule has 0 bridgehead atoms. The fraction of sp³-hybridized carbons (Fsp3) is 0.208. The van der Waals surface area contributed by atoms with Gasteiger partial charge in [-0.15, -0.1) is 0 Å². The maximum atomic E-state index is 12.5. The number of methoxy groups -OCH3 is 1. The molecule has 0 radical (unpaired) electrons. The smallest absolute Gasteiger partial charge is 0.261 e. The molecule has 1 heterocycles. The van der Waals surface area contributed by atoms with Gasteiger partial charge in [0.05, 0.1) is 24.3 Å². The Bertz CT molecular complexity index is 1260. The van der Waals surface area contributed by atoms with E-state index in [4.69, 9.17) is 4.74 Å². The summed E-state index contributed by atoms with van der Waals surface area (Å²) in [7, 11) is 1.65. The average Bonchev–Trinajstić information content (AvgIpc) is 2.79. The number of carbonyl (C=O) groups excluding carboxylic acids is 1. The van der Waals surface area contributed by atoms with Crippen molar-refractivity contribution in [1.82, 2.24) is 14.9 Å². The molecule has 0 saturated carbocycles. The van der Waals surface area contributed by atoms with Crippen molar-refractivity contribution in [1.29, 1.82) is 0 Å². The fourth-order valence-corrected chi connectivity index (χ4v) is 3.47. The number of benzene rings is 3. The van der Waals surface area contributed by atoms with Crippen LogP contribution in [0, 0.1) is 0 Å². The van der Waals surface area contributed by atoms with Crippen LogP contribution in [0.5, 0.6) is 5.75 Å². The van der Waals surface area contributed by atoms with Gasteiger partial charge in [0.1, 0.15) is 5.75 Å². The first kappa shape index (κ1) is 19.6. The number of fused-ring (bicyclic) bond motifs is 2. The summed E-state index contributed by atoms with van der Waals surface area (Å²) in [5, 5.41) is 5.74. The van der Waals surface area contributed by atoms with Gasteiger partial charge in [-0.05, 0) is 53.1 Å². The van der Waals surface area contributed by atoms with Crippen LogP contribution in [0.15, 0.2) is 71.8 Å². The largest absolute Gasteiger partial charge is 0.497 e. The van der Waals surface area contributed by atoms with E-state index in [1.54, 1.807) is 24.1 Å². The van der Waals surface area contributed by atoms with Crippen molar-refractivity contribution in [3.8, 4) is 5.75 Å². The molecule has 4 aromatic rings. The second kappa shape index (κ2) is 8.78. The lowest BCUT2D eigenvalue weighted by atomic mass is 10.1. The summed E-state index contributed by atoms with van der Waals surface area (Å²) >= 11 is 0. The zero-order valence-corrected chi connectivity index (χ0v) is 16.8. The first-order chi connectivity index (χ1) is 14.6. The predicted octanol–water partition coefficient (Wildman–Crippen LogP) is 3.65. The highest BCUT2D eigenvalue weighted by Gasteiger charge is 2.06. The molecular formula is C24H23N3O3. The lowest BCUT2D eigenvalue weighted by molar-refractivity contribution is -0.121. The third-order valence-electron chi connectivity index (χ3n) is 5.14. The van der Waals surface area contributed by atoms with Crippen LogP contribution >= 0.6 is 0 Å². The van der Waals surface area contributed by atoms with E-state index in [2.05, 4.69) is 16.4 Å². The number of aryl methyl sites for hydroxylation is 1. The molecule has 0 unspecified atom stereocenters. The summed E-state index contributed by atoms with van der Waals surface area (Å²) in [6.45, 7) is 0.931. The number of para-hydroxylation sites is 1. The highest BCUT2D eigenvalue weighted by atomic mass is 16.5. The first-order valence-electron chi connectivity index (χ1n) is 9.91. The number of nitrogens with zero attached hydrogens (tertiary/aromatic N) is 2. The first-order valence-corrected chi connectivity index (χ1v) is 9.91. The molecule has 3 aromatic carbocycles. The topological polar surface area (TPSA) is 73.2 Å². The Morgan fingerprint density at radius 1 is 1.07 bits per heavy atom. The quantitative estimate of drug-likeness (QED) is 0.513. The lowest BCUT2D eigenvalue weighted by Crippen LogP contribution is -2.24. The minimum atomic E-state index is -0.0752. The molecule has 1 N–H and O–H groups in total. The highest BCUT2D eigenvalue weighted by molar-refractivity contribution is 5.84. The molecule has 4 rings (SSSR count). The van der Waals surface area contributed by atoms with Crippen LogP contribution < -0.4 is 15.6 Å². The van der Waals surface area contributed by atoms with Crippen LogP contribution in [-0.4, -0.2) is 22.6 Å². The molecule has 0 aliphatic heterocycles. The number of hydrogen-bond donors (Lipinski definition) is 1. The van der Waals surface area contributed by atoms with Crippen LogP contribution in [0.2, 0.25) is 0 Å². The Balaban J connectivity index is 1.31. The fourth-order valence-electron chi connectivity index (χ4n) is 3.47. The number of carbonyl (C=O) groups is 1. The molecular weight excluding hydrogens is 378 g/mol. The Kier molecular flexibility index (Phi) is 5.75. The Morgan fingerprint density at radius 3 is 2.73 bits per heavy atom. The van der Waals surface area contributed by atoms with Crippen LogP contribution in [0.4, 0.5) is 0 Å². The number of nitrogens with one attached hydrogen (secondary N) is 1. The Labute approximate surface area is 174 Å². The number of rotatable bonds is 7. The Hall–Kier alpha value is -3.67. The van der Waals surface area contributed by atoms with Crippen LogP contribution in [-0.2, 0) is 17.9 Å². The number of amides is 1. The summed E-state index contributed by atoms with van der Waals surface area (Å²) in [6, 6.07) is 19.3. The van der Waals surface area contributed by atoms with Gasteiger partial charge in [-0.2, -0.15) is 0 Å². The van der Waals surface area contributed by atoms with Gasteiger partial charge >= 0.3 is 0 Å². The third-order valence-corrected chi connectivity index (χ3v) is 5.14. The van der Waals surface area contributed by atoms with E-state index in [0.29, 0.717) is 36.8 Å². The minimum absolute atomic E-state index is 0.0355. The molecule has 1 amide bonds.